The van der Waals surface area contributed by atoms with Crippen molar-refractivity contribution in [2.24, 2.45) is 0 Å². The maximum Gasteiger partial charge on any atom is 0.306 e. The Morgan fingerprint density at radius 1 is 0.633 bits per heavy atom. The van der Waals surface area contributed by atoms with Crippen LogP contribution in [0.2, 0.25) is 0 Å². The monoisotopic (exact) mass is 698 g/mol. The molecule has 6 atom stereocenters. The summed E-state index contributed by atoms with van der Waals surface area (Å²) in [7, 11) is 0. The van der Waals surface area contributed by atoms with Gasteiger partial charge in [-0.2, -0.15) is 0 Å². The maximum absolute atomic E-state index is 12.7. The number of aliphatic hydroxyl groups is 4. The lowest BCUT2D eigenvalue weighted by Crippen LogP contribution is -2.59. The van der Waals surface area contributed by atoms with Crippen molar-refractivity contribution in [1.29, 1.82) is 0 Å². The predicted molar refractivity (Wildman–Crippen MR) is 192 cm³/mol. The van der Waals surface area contributed by atoms with Crippen LogP contribution in [0.1, 0.15) is 155 Å². The Kier molecular flexibility index (Phi) is 28.6. The molecule has 0 bridgehead atoms. The average Bonchev–Trinajstić information content (AvgIpc) is 3.10. The van der Waals surface area contributed by atoms with Gasteiger partial charge in [0.15, 0.2) is 12.4 Å². The van der Waals surface area contributed by atoms with E-state index in [0.29, 0.717) is 6.42 Å². The summed E-state index contributed by atoms with van der Waals surface area (Å²) in [5, 5.41) is 39.9. The van der Waals surface area contributed by atoms with Gasteiger partial charge in [0.2, 0.25) is 0 Å². The number of carbonyl (C=O) groups is 2. The lowest BCUT2D eigenvalue weighted by Gasteiger charge is -2.39. The van der Waals surface area contributed by atoms with Crippen LogP contribution < -0.4 is 0 Å². The summed E-state index contributed by atoms with van der Waals surface area (Å²) in [4.78, 5) is 25.1. The molecule has 4 N–H and O–H groups in total. The molecule has 286 valence electrons. The van der Waals surface area contributed by atoms with Crippen LogP contribution in [-0.4, -0.2) is 89.0 Å². The van der Waals surface area contributed by atoms with Crippen LogP contribution in [0.15, 0.2) is 24.3 Å². The standard InChI is InChI=1S/C39H70O10/c1-3-5-7-9-11-13-14-15-16-17-18-20-22-24-26-28-35(42)48-32(31-47-39-38(45)37(44)36(43)33(29-40)49-39)30-46-34(41)27-25-23-21-19-12-10-8-6-4-2/h11,13,15-16,32-33,36-40,43-45H,3-10,12,14,17-31H2,1-2H3/b13-11-,16-15-. The van der Waals surface area contributed by atoms with E-state index >= 15 is 0 Å². The second kappa shape index (κ2) is 31.0. The molecule has 0 aromatic carbocycles. The molecule has 1 saturated heterocycles. The second-order valence-electron chi connectivity index (χ2n) is 13.4. The molecule has 1 aliphatic rings. The number of unbranched alkanes of at least 4 members (excludes halogenated alkanes) is 16. The summed E-state index contributed by atoms with van der Waals surface area (Å²) in [6.45, 7) is 3.34. The summed E-state index contributed by atoms with van der Waals surface area (Å²) in [6, 6.07) is 0. The van der Waals surface area contributed by atoms with Crippen molar-refractivity contribution >= 4 is 11.9 Å². The van der Waals surface area contributed by atoms with Gasteiger partial charge in [-0.1, -0.05) is 122 Å². The number of hydrogen-bond donors (Lipinski definition) is 4. The molecule has 0 radical (unpaired) electrons. The summed E-state index contributed by atoms with van der Waals surface area (Å²) in [6.07, 6.45) is 23.4. The number of esters is 2. The molecule has 0 saturated carbocycles. The van der Waals surface area contributed by atoms with Gasteiger partial charge in [-0.25, -0.2) is 0 Å². The molecule has 1 fully saturated rings. The van der Waals surface area contributed by atoms with Crippen LogP contribution >= 0.6 is 0 Å². The first-order chi connectivity index (χ1) is 23.8. The molecule has 10 heteroatoms. The quantitative estimate of drug-likeness (QED) is 0.0339. The molecule has 0 spiro atoms. The zero-order valence-electron chi connectivity index (χ0n) is 30.7. The highest BCUT2D eigenvalue weighted by atomic mass is 16.7. The zero-order chi connectivity index (χ0) is 36.0. The van der Waals surface area contributed by atoms with Crippen molar-refractivity contribution in [3.05, 3.63) is 24.3 Å². The van der Waals surface area contributed by atoms with Crippen molar-refractivity contribution in [2.75, 3.05) is 19.8 Å². The molecular formula is C39H70O10. The largest absolute Gasteiger partial charge is 0.462 e. The number of ether oxygens (including phenoxy) is 4. The highest BCUT2D eigenvalue weighted by molar-refractivity contribution is 5.70. The Hall–Kier alpha value is -1.82. The lowest BCUT2D eigenvalue weighted by molar-refractivity contribution is -0.305. The van der Waals surface area contributed by atoms with Gasteiger partial charge in [0.25, 0.3) is 0 Å². The third kappa shape index (κ3) is 23.3. The van der Waals surface area contributed by atoms with Crippen LogP contribution in [0.25, 0.3) is 0 Å². The third-order valence-corrected chi connectivity index (χ3v) is 8.84. The van der Waals surface area contributed by atoms with E-state index < -0.39 is 49.4 Å². The van der Waals surface area contributed by atoms with E-state index in [1.165, 1.54) is 64.2 Å². The van der Waals surface area contributed by atoms with Gasteiger partial charge in [0.1, 0.15) is 31.0 Å². The van der Waals surface area contributed by atoms with E-state index in [1.807, 2.05) is 0 Å². The molecule has 1 rings (SSSR count). The molecule has 1 heterocycles. The molecule has 0 amide bonds. The van der Waals surface area contributed by atoms with Gasteiger partial charge in [0.05, 0.1) is 13.2 Å². The molecular weight excluding hydrogens is 628 g/mol. The van der Waals surface area contributed by atoms with Crippen LogP contribution in [-0.2, 0) is 28.5 Å². The van der Waals surface area contributed by atoms with Crippen molar-refractivity contribution in [1.82, 2.24) is 0 Å². The molecule has 49 heavy (non-hydrogen) atoms. The number of carbonyl (C=O) groups excluding carboxylic acids is 2. The van der Waals surface area contributed by atoms with Crippen molar-refractivity contribution in [2.45, 2.75) is 192 Å². The average molecular weight is 699 g/mol. The fraction of sp³-hybridized carbons (Fsp3) is 0.846. The van der Waals surface area contributed by atoms with Crippen molar-refractivity contribution in [3.8, 4) is 0 Å². The van der Waals surface area contributed by atoms with E-state index in [1.54, 1.807) is 0 Å². The number of allylic oxidation sites excluding steroid dienone is 4. The molecule has 1 aliphatic heterocycles. The van der Waals surface area contributed by atoms with Crippen molar-refractivity contribution in [3.63, 3.8) is 0 Å². The summed E-state index contributed by atoms with van der Waals surface area (Å²) >= 11 is 0. The summed E-state index contributed by atoms with van der Waals surface area (Å²) in [5.41, 5.74) is 0. The Balaban J connectivity index is 2.40. The summed E-state index contributed by atoms with van der Waals surface area (Å²) in [5.74, 6) is -0.825. The second-order valence-corrected chi connectivity index (χ2v) is 13.4. The fourth-order valence-corrected chi connectivity index (χ4v) is 5.69. The van der Waals surface area contributed by atoms with Gasteiger partial charge >= 0.3 is 11.9 Å². The number of hydrogen-bond acceptors (Lipinski definition) is 10. The normalized spacial score (nSPS) is 21.8. The molecule has 0 aromatic rings. The topological polar surface area (TPSA) is 152 Å². The van der Waals surface area contributed by atoms with Crippen molar-refractivity contribution < 1.29 is 49.0 Å². The number of aliphatic hydroxyl groups excluding tert-OH is 4. The first kappa shape index (κ1) is 45.2. The van der Waals surface area contributed by atoms with Gasteiger partial charge in [0, 0.05) is 12.8 Å². The first-order valence-electron chi connectivity index (χ1n) is 19.4. The number of rotatable bonds is 31. The predicted octanol–water partition coefficient (Wildman–Crippen LogP) is 6.99. The van der Waals surface area contributed by atoms with E-state index in [0.717, 1.165) is 57.8 Å². The molecule has 10 nitrogen and oxygen atoms in total. The lowest BCUT2D eigenvalue weighted by atomic mass is 9.99. The Morgan fingerprint density at radius 3 is 1.73 bits per heavy atom. The molecule has 0 aliphatic carbocycles. The highest BCUT2D eigenvalue weighted by Crippen LogP contribution is 2.22. The fourth-order valence-electron chi connectivity index (χ4n) is 5.69. The highest BCUT2D eigenvalue weighted by Gasteiger charge is 2.44. The van der Waals surface area contributed by atoms with Crippen LogP contribution in [0.3, 0.4) is 0 Å². The Bertz CT molecular complexity index is 861. The smallest absolute Gasteiger partial charge is 0.306 e. The summed E-state index contributed by atoms with van der Waals surface area (Å²) < 4.78 is 22.0. The van der Waals surface area contributed by atoms with Crippen LogP contribution in [0.4, 0.5) is 0 Å². The van der Waals surface area contributed by atoms with Gasteiger partial charge in [-0.05, 0) is 44.9 Å². The van der Waals surface area contributed by atoms with E-state index in [2.05, 4.69) is 38.2 Å². The Labute approximate surface area is 296 Å². The van der Waals surface area contributed by atoms with Gasteiger partial charge in [-0.3, -0.25) is 9.59 Å². The van der Waals surface area contributed by atoms with Crippen LogP contribution in [0, 0.1) is 0 Å². The molecule has 6 unspecified atom stereocenters. The van der Waals surface area contributed by atoms with E-state index in [-0.39, 0.29) is 32.0 Å². The minimum Gasteiger partial charge on any atom is -0.462 e. The van der Waals surface area contributed by atoms with E-state index in [9.17, 15) is 30.0 Å². The van der Waals surface area contributed by atoms with Gasteiger partial charge in [-0.15, -0.1) is 0 Å². The minimum atomic E-state index is -1.59. The molecule has 0 aromatic heterocycles. The maximum atomic E-state index is 12.7. The van der Waals surface area contributed by atoms with E-state index in [4.69, 9.17) is 18.9 Å². The minimum absolute atomic E-state index is 0.216. The zero-order valence-corrected chi connectivity index (χ0v) is 30.7. The third-order valence-electron chi connectivity index (χ3n) is 8.84. The first-order valence-corrected chi connectivity index (χ1v) is 19.4. The van der Waals surface area contributed by atoms with Gasteiger partial charge < -0.3 is 39.4 Å². The Morgan fingerprint density at radius 2 is 1.14 bits per heavy atom. The van der Waals surface area contributed by atoms with Crippen LogP contribution in [0.5, 0.6) is 0 Å². The SMILES string of the molecule is CCCCC/C=C\C/C=C\CCCCCCCC(=O)OC(COC(=O)CCCCCCCCCCC)COC1OC(CO)C(O)C(O)C1O.